The lowest BCUT2D eigenvalue weighted by Gasteiger charge is -2.12. The number of esters is 1. The number of para-hydroxylation sites is 1. The van der Waals surface area contributed by atoms with Crippen molar-refractivity contribution in [2.24, 2.45) is 0 Å². The molecule has 0 spiro atoms. The van der Waals surface area contributed by atoms with Gasteiger partial charge in [-0.1, -0.05) is 24.3 Å². The Balaban J connectivity index is 1.69. The van der Waals surface area contributed by atoms with Gasteiger partial charge in [-0.3, -0.25) is 14.4 Å². The molecule has 7 heteroatoms. The Morgan fingerprint density at radius 2 is 1.60 bits per heavy atom. The fourth-order valence-corrected chi connectivity index (χ4v) is 2.74. The van der Waals surface area contributed by atoms with Crippen molar-refractivity contribution in [3.63, 3.8) is 0 Å². The second-order valence-electron chi connectivity index (χ2n) is 6.42. The van der Waals surface area contributed by atoms with Crippen molar-refractivity contribution in [2.75, 3.05) is 5.32 Å². The largest absolute Gasteiger partial charge is 0.427 e. The van der Waals surface area contributed by atoms with Gasteiger partial charge in [-0.2, -0.15) is 0 Å². The second kappa shape index (κ2) is 9.47. The van der Waals surface area contributed by atoms with E-state index in [0.717, 1.165) is 0 Å². The molecule has 0 heterocycles. The molecule has 0 fully saturated rings. The fraction of sp³-hybridized carbons (Fsp3) is 0.0870. The molecular formula is C23H19FN2O4. The van der Waals surface area contributed by atoms with Crippen LogP contribution in [0.2, 0.25) is 0 Å². The Morgan fingerprint density at radius 3 is 2.33 bits per heavy atom. The molecule has 6 nitrogen and oxygen atoms in total. The van der Waals surface area contributed by atoms with Crippen LogP contribution in [-0.2, 0) is 11.3 Å². The van der Waals surface area contributed by atoms with Gasteiger partial charge in [0.25, 0.3) is 11.8 Å². The van der Waals surface area contributed by atoms with Crippen LogP contribution in [0.25, 0.3) is 0 Å². The number of hydrogen-bond donors (Lipinski definition) is 2. The molecule has 2 amide bonds. The summed E-state index contributed by atoms with van der Waals surface area (Å²) in [5, 5.41) is 5.55. The highest BCUT2D eigenvalue weighted by molar-refractivity contribution is 6.05. The van der Waals surface area contributed by atoms with Crippen LogP contribution < -0.4 is 15.4 Å². The van der Waals surface area contributed by atoms with Gasteiger partial charge in [0.15, 0.2) is 0 Å². The van der Waals surface area contributed by atoms with E-state index >= 15 is 0 Å². The minimum absolute atomic E-state index is 0.167. The van der Waals surface area contributed by atoms with E-state index in [9.17, 15) is 18.8 Å². The van der Waals surface area contributed by atoms with E-state index < -0.39 is 11.8 Å². The van der Waals surface area contributed by atoms with Gasteiger partial charge in [0.2, 0.25) is 0 Å². The average molecular weight is 406 g/mol. The monoisotopic (exact) mass is 406 g/mol. The first-order chi connectivity index (χ1) is 14.4. The third-order valence-electron chi connectivity index (χ3n) is 4.17. The molecule has 0 saturated carbocycles. The van der Waals surface area contributed by atoms with Crippen molar-refractivity contribution in [1.82, 2.24) is 5.32 Å². The Labute approximate surface area is 172 Å². The highest BCUT2D eigenvalue weighted by Crippen LogP contribution is 2.19. The van der Waals surface area contributed by atoms with E-state index in [-0.39, 0.29) is 24.1 Å². The third kappa shape index (κ3) is 5.51. The molecule has 0 bridgehead atoms. The summed E-state index contributed by atoms with van der Waals surface area (Å²) in [5.41, 5.74) is 1.87. The summed E-state index contributed by atoms with van der Waals surface area (Å²) in [6.45, 7) is 1.45. The fourth-order valence-electron chi connectivity index (χ4n) is 2.74. The topological polar surface area (TPSA) is 84.5 Å². The molecule has 0 radical (unpaired) electrons. The van der Waals surface area contributed by atoms with Gasteiger partial charge in [-0.25, -0.2) is 4.39 Å². The van der Waals surface area contributed by atoms with E-state index in [4.69, 9.17) is 4.74 Å². The van der Waals surface area contributed by atoms with Crippen molar-refractivity contribution in [3.8, 4) is 5.75 Å². The zero-order valence-corrected chi connectivity index (χ0v) is 16.1. The standard InChI is InChI=1S/C23H19FN2O4/c1-15(27)30-20-7-4-6-17(13-20)23(29)26-21-8-3-2-5-18(21)14-25-22(28)16-9-11-19(24)12-10-16/h2-13H,14H2,1H3,(H,25,28)(H,26,29). The van der Waals surface area contributed by atoms with Crippen LogP contribution in [-0.4, -0.2) is 17.8 Å². The minimum Gasteiger partial charge on any atom is -0.427 e. The first kappa shape index (κ1) is 20.7. The lowest BCUT2D eigenvalue weighted by molar-refractivity contribution is -0.131. The minimum atomic E-state index is -0.477. The third-order valence-corrected chi connectivity index (χ3v) is 4.17. The molecule has 3 aromatic rings. The highest BCUT2D eigenvalue weighted by atomic mass is 19.1. The van der Waals surface area contributed by atoms with Gasteiger partial charge >= 0.3 is 5.97 Å². The highest BCUT2D eigenvalue weighted by Gasteiger charge is 2.12. The molecular weight excluding hydrogens is 387 g/mol. The molecule has 3 aromatic carbocycles. The quantitative estimate of drug-likeness (QED) is 0.480. The van der Waals surface area contributed by atoms with Crippen molar-refractivity contribution >= 4 is 23.5 Å². The van der Waals surface area contributed by atoms with E-state index in [1.165, 1.54) is 37.3 Å². The number of carbonyl (C=O) groups excluding carboxylic acids is 3. The number of anilines is 1. The summed E-state index contributed by atoms with van der Waals surface area (Å²) in [4.78, 5) is 36.0. The number of nitrogens with one attached hydrogen (secondary N) is 2. The second-order valence-corrected chi connectivity index (χ2v) is 6.42. The summed E-state index contributed by atoms with van der Waals surface area (Å²) in [5.74, 6) is -1.37. The maximum absolute atomic E-state index is 13.0. The lowest BCUT2D eigenvalue weighted by Crippen LogP contribution is -2.24. The predicted molar refractivity (Wildman–Crippen MR) is 110 cm³/mol. The molecule has 2 N–H and O–H groups in total. The maximum Gasteiger partial charge on any atom is 0.308 e. The zero-order valence-electron chi connectivity index (χ0n) is 16.1. The number of hydrogen-bond acceptors (Lipinski definition) is 4. The SMILES string of the molecule is CC(=O)Oc1cccc(C(=O)Nc2ccccc2CNC(=O)c2ccc(F)cc2)c1. The molecule has 0 aromatic heterocycles. The number of rotatable bonds is 6. The Kier molecular flexibility index (Phi) is 6.54. The van der Waals surface area contributed by atoms with Crippen LogP contribution in [0.5, 0.6) is 5.75 Å². The molecule has 0 atom stereocenters. The van der Waals surface area contributed by atoms with E-state index in [1.807, 2.05) is 0 Å². The summed E-state index contributed by atoms with van der Waals surface area (Å²) in [6, 6.07) is 18.5. The van der Waals surface area contributed by atoms with E-state index in [0.29, 0.717) is 22.4 Å². The number of ether oxygens (including phenoxy) is 1. The molecule has 152 valence electrons. The van der Waals surface area contributed by atoms with Gasteiger partial charge in [0, 0.05) is 30.3 Å². The Bertz CT molecular complexity index is 1080. The molecule has 30 heavy (non-hydrogen) atoms. The summed E-state index contributed by atoms with van der Waals surface area (Å²) >= 11 is 0. The molecule has 0 saturated heterocycles. The van der Waals surface area contributed by atoms with Crippen molar-refractivity contribution in [3.05, 3.63) is 95.3 Å². The summed E-state index contributed by atoms with van der Waals surface area (Å²) in [6.07, 6.45) is 0. The van der Waals surface area contributed by atoms with Crippen LogP contribution in [0, 0.1) is 5.82 Å². The van der Waals surface area contributed by atoms with Crippen molar-refractivity contribution < 1.29 is 23.5 Å². The summed E-state index contributed by atoms with van der Waals surface area (Å²) < 4.78 is 18.0. The molecule has 3 rings (SSSR count). The smallest absolute Gasteiger partial charge is 0.308 e. The van der Waals surface area contributed by atoms with Gasteiger partial charge in [-0.15, -0.1) is 0 Å². The summed E-state index contributed by atoms with van der Waals surface area (Å²) in [7, 11) is 0. The van der Waals surface area contributed by atoms with Gasteiger partial charge in [-0.05, 0) is 54.1 Å². The van der Waals surface area contributed by atoms with Crippen molar-refractivity contribution in [1.29, 1.82) is 0 Å². The normalized spacial score (nSPS) is 10.2. The molecule has 0 aliphatic heterocycles. The Morgan fingerprint density at radius 1 is 0.867 bits per heavy atom. The molecule has 0 aliphatic carbocycles. The zero-order chi connectivity index (χ0) is 21.5. The van der Waals surface area contributed by atoms with Crippen LogP contribution in [0.15, 0.2) is 72.8 Å². The number of amides is 2. The maximum atomic E-state index is 13.0. The number of carbonyl (C=O) groups is 3. The lowest BCUT2D eigenvalue weighted by atomic mass is 10.1. The average Bonchev–Trinajstić information content (AvgIpc) is 2.73. The molecule has 0 aliphatic rings. The van der Waals surface area contributed by atoms with Gasteiger partial charge < -0.3 is 15.4 Å². The first-order valence-electron chi connectivity index (χ1n) is 9.14. The number of halogens is 1. The molecule has 0 unspecified atom stereocenters. The van der Waals surface area contributed by atoms with Gasteiger partial charge in [0.05, 0.1) is 0 Å². The van der Waals surface area contributed by atoms with Crippen LogP contribution in [0.1, 0.15) is 33.2 Å². The van der Waals surface area contributed by atoms with E-state index in [1.54, 1.807) is 42.5 Å². The predicted octanol–water partition coefficient (Wildman–Crippen LogP) is 3.93. The van der Waals surface area contributed by atoms with E-state index in [2.05, 4.69) is 10.6 Å². The first-order valence-corrected chi connectivity index (χ1v) is 9.14. The van der Waals surface area contributed by atoms with Crippen LogP contribution in [0.4, 0.5) is 10.1 Å². The van der Waals surface area contributed by atoms with Crippen LogP contribution in [0.3, 0.4) is 0 Å². The van der Waals surface area contributed by atoms with Crippen LogP contribution >= 0.6 is 0 Å². The van der Waals surface area contributed by atoms with Gasteiger partial charge in [0.1, 0.15) is 11.6 Å². The number of benzene rings is 3. The van der Waals surface area contributed by atoms with Crippen molar-refractivity contribution in [2.45, 2.75) is 13.5 Å². The Hall–Kier alpha value is -4.00.